The molecule has 0 spiro atoms. The summed E-state index contributed by atoms with van der Waals surface area (Å²) in [4.78, 5) is 0. The van der Waals surface area contributed by atoms with Crippen LogP contribution >= 0.6 is 22.7 Å². The Balaban J connectivity index is 0.921. The van der Waals surface area contributed by atoms with Crippen LogP contribution in [0.5, 0.6) is 0 Å². The number of fused-ring (bicyclic) bond motifs is 16. The van der Waals surface area contributed by atoms with Gasteiger partial charge in [0.1, 0.15) is 0 Å². The molecule has 0 saturated heterocycles. The van der Waals surface area contributed by atoms with E-state index in [-0.39, 0.29) is 5.41 Å². The zero-order valence-electron chi connectivity index (χ0n) is 33.2. The second-order valence-electron chi connectivity index (χ2n) is 17.5. The summed E-state index contributed by atoms with van der Waals surface area (Å²) in [6, 6.07) is 60.6. The van der Waals surface area contributed by atoms with Crippen LogP contribution in [0.2, 0.25) is 0 Å². The van der Waals surface area contributed by atoms with E-state index in [9.17, 15) is 0 Å². The molecule has 280 valence electrons. The van der Waals surface area contributed by atoms with Crippen LogP contribution in [0.3, 0.4) is 0 Å². The van der Waals surface area contributed by atoms with Gasteiger partial charge in [0.15, 0.2) is 0 Å². The van der Waals surface area contributed by atoms with Crippen LogP contribution in [0.4, 0.5) is 0 Å². The summed E-state index contributed by atoms with van der Waals surface area (Å²) in [7, 11) is 0. The van der Waals surface area contributed by atoms with Crippen LogP contribution in [0.1, 0.15) is 36.1 Å². The number of thiophene rings is 2. The van der Waals surface area contributed by atoms with Crippen molar-refractivity contribution in [1.29, 1.82) is 0 Å². The first-order valence-corrected chi connectivity index (χ1v) is 22.7. The van der Waals surface area contributed by atoms with Crippen molar-refractivity contribution in [1.82, 2.24) is 0 Å². The minimum Gasteiger partial charge on any atom is -0.135 e. The smallest absolute Gasteiger partial charge is 0.0364 e. The summed E-state index contributed by atoms with van der Waals surface area (Å²) in [5.74, 6) is 0. The summed E-state index contributed by atoms with van der Waals surface area (Å²) >= 11 is 3.84. The van der Waals surface area contributed by atoms with Crippen molar-refractivity contribution in [3.63, 3.8) is 0 Å². The molecule has 0 bridgehead atoms. The highest BCUT2D eigenvalue weighted by molar-refractivity contribution is 7.26. The lowest BCUT2D eigenvalue weighted by atomic mass is 9.81. The minimum absolute atomic E-state index is 0.0221. The maximum absolute atomic E-state index is 2.50. The van der Waals surface area contributed by atoms with E-state index in [4.69, 9.17) is 0 Å². The second kappa shape index (κ2) is 11.8. The molecule has 10 aromatic carbocycles. The van der Waals surface area contributed by atoms with Crippen molar-refractivity contribution in [2.45, 2.75) is 25.7 Å². The number of hydrogen-bond donors (Lipinski definition) is 0. The van der Waals surface area contributed by atoms with Gasteiger partial charge in [0.25, 0.3) is 0 Å². The molecule has 60 heavy (non-hydrogen) atoms. The van der Waals surface area contributed by atoms with Crippen LogP contribution in [0.25, 0.3) is 123 Å². The normalized spacial score (nSPS) is 14.2. The third-order valence-electron chi connectivity index (χ3n) is 14.0. The molecule has 0 nitrogen and oxygen atoms in total. The minimum atomic E-state index is -0.0221. The predicted molar refractivity (Wildman–Crippen MR) is 263 cm³/mol. The zero-order valence-corrected chi connectivity index (χ0v) is 34.8. The van der Waals surface area contributed by atoms with Gasteiger partial charge in [0.05, 0.1) is 0 Å². The monoisotopic (exact) mass is 796 g/mol. The molecule has 12 aromatic rings. The van der Waals surface area contributed by atoms with E-state index in [1.54, 1.807) is 0 Å². The molecular formula is C58H36S2. The van der Waals surface area contributed by atoms with Gasteiger partial charge < -0.3 is 0 Å². The van der Waals surface area contributed by atoms with E-state index < -0.39 is 0 Å². The van der Waals surface area contributed by atoms with Crippen molar-refractivity contribution in [3.8, 4) is 33.4 Å². The van der Waals surface area contributed by atoms with Gasteiger partial charge in [-0.15, -0.1) is 22.7 Å². The van der Waals surface area contributed by atoms with E-state index in [1.807, 2.05) is 22.7 Å². The Bertz CT molecular complexity index is 3940. The summed E-state index contributed by atoms with van der Waals surface area (Å²) in [5, 5.41) is 16.1. The molecular weight excluding hydrogens is 761 g/mol. The molecule has 14 rings (SSSR count). The Labute approximate surface area is 355 Å². The SMILES string of the molecule is CC1(C)c2ccccc2-c2ccc(-c3ccc4sc5ccc(-c6ccc7c(c6)c6ccccc6c6cc8c(cc76)sc6cc7c9c(cccc9c68)C=CC7)cc5c4c3)cc21. The fourth-order valence-electron chi connectivity index (χ4n) is 11.1. The first-order chi connectivity index (χ1) is 29.5. The predicted octanol–water partition coefficient (Wildman–Crippen LogP) is 17.2. The van der Waals surface area contributed by atoms with Crippen LogP contribution in [-0.2, 0) is 11.8 Å². The first-order valence-electron chi connectivity index (χ1n) is 21.0. The van der Waals surface area contributed by atoms with E-state index in [1.165, 1.54) is 139 Å². The van der Waals surface area contributed by atoms with Gasteiger partial charge in [-0.25, -0.2) is 0 Å². The maximum atomic E-state index is 2.50. The van der Waals surface area contributed by atoms with Crippen LogP contribution in [-0.4, -0.2) is 0 Å². The summed E-state index contributed by atoms with van der Waals surface area (Å²) in [6.45, 7) is 4.73. The van der Waals surface area contributed by atoms with Gasteiger partial charge in [0.2, 0.25) is 0 Å². The molecule has 0 unspecified atom stereocenters. The average molecular weight is 797 g/mol. The lowest BCUT2D eigenvalue weighted by molar-refractivity contribution is 0.660. The van der Waals surface area contributed by atoms with Crippen molar-refractivity contribution in [2.75, 3.05) is 0 Å². The summed E-state index contributed by atoms with van der Waals surface area (Å²) in [6.07, 6.45) is 5.60. The fourth-order valence-corrected chi connectivity index (χ4v) is 13.4. The highest BCUT2D eigenvalue weighted by atomic mass is 32.1. The van der Waals surface area contributed by atoms with Gasteiger partial charge in [-0.2, -0.15) is 0 Å². The van der Waals surface area contributed by atoms with Crippen LogP contribution in [0.15, 0.2) is 164 Å². The Morgan fingerprint density at radius 2 is 0.983 bits per heavy atom. The van der Waals surface area contributed by atoms with E-state index in [0.29, 0.717) is 0 Å². The highest BCUT2D eigenvalue weighted by Crippen LogP contribution is 2.51. The molecule has 0 fully saturated rings. The third kappa shape index (κ3) is 4.45. The molecule has 0 saturated carbocycles. The molecule has 2 heteroatoms. The lowest BCUT2D eigenvalue weighted by Gasteiger charge is -2.22. The number of rotatable bonds is 2. The van der Waals surface area contributed by atoms with Gasteiger partial charge in [-0.05, 0) is 160 Å². The molecule has 2 aliphatic carbocycles. The molecule has 2 heterocycles. The number of hydrogen-bond acceptors (Lipinski definition) is 2. The topological polar surface area (TPSA) is 0 Å². The molecule has 0 atom stereocenters. The van der Waals surface area contributed by atoms with Crippen molar-refractivity contribution >= 4 is 112 Å². The van der Waals surface area contributed by atoms with E-state index in [0.717, 1.165) is 6.42 Å². The van der Waals surface area contributed by atoms with Gasteiger partial charge in [-0.3, -0.25) is 0 Å². The quantitative estimate of drug-likeness (QED) is 0.153. The maximum Gasteiger partial charge on any atom is 0.0364 e. The Morgan fingerprint density at radius 1 is 0.383 bits per heavy atom. The Hall–Kier alpha value is -6.58. The average Bonchev–Trinajstić information content (AvgIpc) is 3.92. The lowest BCUT2D eigenvalue weighted by Crippen LogP contribution is -2.14. The zero-order chi connectivity index (χ0) is 39.4. The Kier molecular flexibility index (Phi) is 6.54. The fraction of sp³-hybridized carbons (Fsp3) is 0.0690. The molecule has 0 amide bonds. The molecule has 2 aromatic heterocycles. The third-order valence-corrected chi connectivity index (χ3v) is 16.3. The Morgan fingerprint density at radius 3 is 1.78 bits per heavy atom. The molecule has 0 aliphatic heterocycles. The van der Waals surface area contributed by atoms with Crippen molar-refractivity contribution in [2.24, 2.45) is 0 Å². The second-order valence-corrected chi connectivity index (χ2v) is 19.7. The summed E-state index contributed by atoms with van der Waals surface area (Å²) in [5.41, 5.74) is 13.4. The number of allylic oxidation sites excluding steroid dienone is 1. The molecule has 0 N–H and O–H groups in total. The van der Waals surface area contributed by atoms with Crippen molar-refractivity contribution < 1.29 is 0 Å². The standard InChI is InChI=1S/C58H36S2/c1-58(2)50-16-6-5-14-41(50)42-22-18-36(28-51(42)58)35-20-24-53-48(27-35)47-26-34(19-23-52(47)59-53)33-17-21-40-44(25-33)38-12-3-4-13-39(38)45-30-49-54(31-46(40)45)60-55-29-37-11-7-9-32-10-8-15-43(56(32)37)57(49)55/h3-10,12-31H,11H2,1-2H3. The number of benzene rings is 10. The van der Waals surface area contributed by atoms with Crippen LogP contribution < -0.4 is 0 Å². The largest absolute Gasteiger partial charge is 0.135 e. The van der Waals surface area contributed by atoms with Gasteiger partial charge >= 0.3 is 0 Å². The van der Waals surface area contributed by atoms with E-state index in [2.05, 4.69) is 184 Å². The highest BCUT2D eigenvalue weighted by Gasteiger charge is 2.35. The summed E-state index contributed by atoms with van der Waals surface area (Å²) < 4.78 is 5.40. The van der Waals surface area contributed by atoms with Crippen LogP contribution in [0, 0.1) is 0 Å². The van der Waals surface area contributed by atoms with E-state index >= 15 is 0 Å². The van der Waals surface area contributed by atoms with Gasteiger partial charge in [-0.1, -0.05) is 129 Å². The van der Waals surface area contributed by atoms with Gasteiger partial charge in [0, 0.05) is 45.8 Å². The molecule has 0 radical (unpaired) electrons. The first kappa shape index (κ1) is 33.3. The van der Waals surface area contributed by atoms with Crippen molar-refractivity contribution in [3.05, 3.63) is 186 Å². The molecule has 2 aliphatic rings.